The summed E-state index contributed by atoms with van der Waals surface area (Å²) in [7, 11) is 1.54. The van der Waals surface area contributed by atoms with Crippen molar-refractivity contribution in [1.82, 2.24) is 19.9 Å². The van der Waals surface area contributed by atoms with Crippen LogP contribution in [0.1, 0.15) is 23.1 Å². The molecule has 8 nitrogen and oxygen atoms in total. The maximum atomic E-state index is 10.5. The molecular weight excluding hydrogens is 382 g/mol. The monoisotopic (exact) mass is 399 g/mol. The molecule has 1 unspecified atom stereocenters. The van der Waals surface area contributed by atoms with Crippen LogP contribution in [0.2, 0.25) is 5.02 Å². The number of aryl methyl sites for hydroxylation is 1. The lowest BCUT2D eigenvalue weighted by molar-refractivity contribution is -0.0582. The van der Waals surface area contributed by atoms with E-state index < -0.39 is 12.3 Å². The van der Waals surface area contributed by atoms with Gasteiger partial charge >= 0.3 is 0 Å². The second-order valence-corrected chi connectivity index (χ2v) is 6.69. The molecule has 1 aromatic carbocycles. The lowest BCUT2D eigenvalue weighted by atomic mass is 10.1. The second-order valence-electron chi connectivity index (χ2n) is 6.25. The van der Waals surface area contributed by atoms with E-state index in [1.54, 1.807) is 36.7 Å². The van der Waals surface area contributed by atoms with Crippen molar-refractivity contribution in [2.45, 2.75) is 19.3 Å². The molecule has 3 aromatic rings. The summed E-state index contributed by atoms with van der Waals surface area (Å²) in [5.74, 6) is 0.707. The normalized spacial score (nSPS) is 18.8. The first kappa shape index (κ1) is 18.3. The fraction of sp³-hybridized carbons (Fsp3) is 0.211. The van der Waals surface area contributed by atoms with Crippen molar-refractivity contribution in [2.75, 3.05) is 7.11 Å². The molecule has 3 heterocycles. The summed E-state index contributed by atoms with van der Waals surface area (Å²) in [6, 6.07) is 10.6. The fourth-order valence-corrected chi connectivity index (χ4v) is 3.02. The summed E-state index contributed by atoms with van der Waals surface area (Å²) in [6.07, 6.45) is 1.90. The molecule has 4 rings (SSSR count). The molecule has 0 aliphatic carbocycles. The molecule has 1 aliphatic heterocycles. The van der Waals surface area contributed by atoms with E-state index in [0.717, 1.165) is 16.9 Å². The lowest BCUT2D eigenvalue weighted by Gasteiger charge is -2.28. The van der Waals surface area contributed by atoms with Crippen LogP contribution in [0.25, 0.3) is 5.69 Å². The molecule has 0 saturated carbocycles. The number of aliphatic hydroxyl groups is 1. The number of aromatic nitrogens is 3. The van der Waals surface area contributed by atoms with E-state index >= 15 is 0 Å². The van der Waals surface area contributed by atoms with Gasteiger partial charge in [-0.2, -0.15) is 0 Å². The van der Waals surface area contributed by atoms with E-state index in [0.29, 0.717) is 22.4 Å². The summed E-state index contributed by atoms with van der Waals surface area (Å²) in [5, 5.41) is 18.1. The first-order valence-electron chi connectivity index (χ1n) is 8.55. The van der Waals surface area contributed by atoms with E-state index in [1.807, 2.05) is 23.8 Å². The van der Waals surface area contributed by atoms with Gasteiger partial charge in [-0.25, -0.2) is 9.97 Å². The highest BCUT2D eigenvalue weighted by Crippen LogP contribution is 2.26. The third kappa shape index (κ3) is 3.51. The quantitative estimate of drug-likeness (QED) is 0.700. The predicted octanol–water partition coefficient (Wildman–Crippen LogP) is 2.58. The van der Waals surface area contributed by atoms with Crippen molar-refractivity contribution < 1.29 is 14.7 Å². The van der Waals surface area contributed by atoms with Gasteiger partial charge in [-0.15, -0.1) is 0 Å². The van der Waals surface area contributed by atoms with Gasteiger partial charge in [-0.3, -0.25) is 0 Å². The molecule has 1 aliphatic rings. The average Bonchev–Trinajstić information content (AvgIpc) is 3.14. The molecule has 0 radical (unpaired) electrons. The number of amidine groups is 1. The Hall–Kier alpha value is -3.10. The maximum absolute atomic E-state index is 10.5. The van der Waals surface area contributed by atoms with E-state index in [-0.39, 0.29) is 0 Å². The van der Waals surface area contributed by atoms with Crippen molar-refractivity contribution >= 4 is 17.4 Å². The number of halogens is 1. The number of hydrogen-bond acceptors (Lipinski definition) is 7. The minimum absolute atomic E-state index is 0.310. The number of benzene rings is 1. The third-order valence-electron chi connectivity index (χ3n) is 4.29. The summed E-state index contributed by atoms with van der Waals surface area (Å²) < 4.78 is 7.23. The number of pyridine rings is 1. The van der Waals surface area contributed by atoms with Crippen LogP contribution in [0.3, 0.4) is 0 Å². The zero-order valence-corrected chi connectivity index (χ0v) is 16.0. The SMILES string of the molecule is COc1nc(C2=NOC(c3ccc(Cl)cc3)[C@H](O)N2)ccc1-n1cnc(C)c1. The molecule has 0 fully saturated rings. The minimum atomic E-state index is -1.00. The topological polar surface area (TPSA) is 93.8 Å². The zero-order valence-electron chi connectivity index (χ0n) is 15.2. The Bertz CT molecular complexity index is 1020. The van der Waals surface area contributed by atoms with Crippen LogP contribution >= 0.6 is 11.6 Å². The molecule has 0 bridgehead atoms. The van der Waals surface area contributed by atoms with Gasteiger partial charge in [0, 0.05) is 11.2 Å². The summed E-state index contributed by atoms with van der Waals surface area (Å²) in [6.45, 7) is 1.90. The fourth-order valence-electron chi connectivity index (χ4n) is 2.89. The van der Waals surface area contributed by atoms with Gasteiger partial charge in [-0.1, -0.05) is 28.9 Å². The molecule has 9 heteroatoms. The van der Waals surface area contributed by atoms with Gasteiger partial charge in [0.05, 0.1) is 19.1 Å². The van der Waals surface area contributed by atoms with Gasteiger partial charge < -0.3 is 24.6 Å². The standard InChI is InChI=1S/C19H18ClN5O3/c1-11-9-25(10-21-11)15-8-7-14(22-19(15)27-2)17-23-18(26)16(28-24-17)12-3-5-13(20)6-4-12/h3-10,16,18,26H,1-2H3,(H,23,24)/t16?,18-/m0/s1. The highest BCUT2D eigenvalue weighted by atomic mass is 35.5. The van der Waals surface area contributed by atoms with Crippen molar-refractivity contribution in [3.05, 3.63) is 70.9 Å². The van der Waals surface area contributed by atoms with Crippen LogP contribution in [-0.4, -0.2) is 38.8 Å². The molecule has 2 aromatic heterocycles. The lowest BCUT2D eigenvalue weighted by Crippen LogP contribution is -2.44. The number of hydrogen-bond donors (Lipinski definition) is 2. The maximum Gasteiger partial charge on any atom is 0.238 e. The summed E-state index contributed by atoms with van der Waals surface area (Å²) >= 11 is 5.90. The smallest absolute Gasteiger partial charge is 0.238 e. The Labute approximate surface area is 166 Å². The van der Waals surface area contributed by atoms with Crippen LogP contribution < -0.4 is 10.1 Å². The first-order chi connectivity index (χ1) is 13.5. The van der Waals surface area contributed by atoms with Crippen LogP contribution in [-0.2, 0) is 4.84 Å². The third-order valence-corrected chi connectivity index (χ3v) is 4.55. The van der Waals surface area contributed by atoms with Gasteiger partial charge in [-0.05, 0) is 36.8 Å². The van der Waals surface area contributed by atoms with Crippen molar-refractivity contribution in [3.63, 3.8) is 0 Å². The second kappa shape index (κ2) is 7.49. The van der Waals surface area contributed by atoms with Crippen LogP contribution in [0.4, 0.5) is 0 Å². The molecule has 2 atom stereocenters. The minimum Gasteiger partial charge on any atom is -0.479 e. The number of methoxy groups -OCH3 is 1. The Kier molecular flexibility index (Phi) is 4.89. The van der Waals surface area contributed by atoms with Crippen molar-refractivity contribution in [1.29, 1.82) is 0 Å². The number of aliphatic hydroxyl groups excluding tert-OH is 1. The van der Waals surface area contributed by atoms with Crippen LogP contribution in [0.15, 0.2) is 54.1 Å². The van der Waals surface area contributed by atoms with E-state index in [9.17, 15) is 5.11 Å². The molecule has 144 valence electrons. The van der Waals surface area contributed by atoms with Gasteiger partial charge in [0.1, 0.15) is 11.4 Å². The Morgan fingerprint density at radius 2 is 2.00 bits per heavy atom. The Morgan fingerprint density at radius 3 is 2.64 bits per heavy atom. The molecule has 0 spiro atoms. The molecule has 0 saturated heterocycles. The number of imidazole rings is 1. The van der Waals surface area contributed by atoms with E-state index in [2.05, 4.69) is 20.4 Å². The van der Waals surface area contributed by atoms with Crippen molar-refractivity contribution in [2.24, 2.45) is 5.16 Å². The largest absolute Gasteiger partial charge is 0.479 e. The Morgan fingerprint density at radius 1 is 1.21 bits per heavy atom. The van der Waals surface area contributed by atoms with Crippen molar-refractivity contribution in [3.8, 4) is 11.6 Å². The number of nitrogens with one attached hydrogen (secondary N) is 1. The zero-order chi connectivity index (χ0) is 19.7. The number of rotatable bonds is 4. The number of ether oxygens (including phenoxy) is 1. The van der Waals surface area contributed by atoms with Gasteiger partial charge in [0.25, 0.3) is 0 Å². The molecule has 0 amide bonds. The average molecular weight is 400 g/mol. The van der Waals surface area contributed by atoms with E-state index in [4.69, 9.17) is 21.2 Å². The number of nitrogens with zero attached hydrogens (tertiary/aromatic N) is 4. The molecular formula is C19H18ClN5O3. The molecule has 2 N–H and O–H groups in total. The number of oxime groups is 1. The van der Waals surface area contributed by atoms with Crippen LogP contribution in [0.5, 0.6) is 5.88 Å². The predicted molar refractivity (Wildman–Crippen MR) is 104 cm³/mol. The van der Waals surface area contributed by atoms with E-state index in [1.165, 1.54) is 7.11 Å². The summed E-state index contributed by atoms with van der Waals surface area (Å²) in [5.41, 5.74) is 2.85. The highest BCUT2D eigenvalue weighted by Gasteiger charge is 2.29. The van der Waals surface area contributed by atoms with Gasteiger partial charge in [0.2, 0.25) is 5.88 Å². The Balaban J connectivity index is 1.60. The van der Waals surface area contributed by atoms with Crippen LogP contribution in [0, 0.1) is 6.92 Å². The first-order valence-corrected chi connectivity index (χ1v) is 8.93. The highest BCUT2D eigenvalue weighted by molar-refractivity contribution is 6.30. The molecule has 28 heavy (non-hydrogen) atoms. The summed E-state index contributed by atoms with van der Waals surface area (Å²) in [4.78, 5) is 14.2. The van der Waals surface area contributed by atoms with Gasteiger partial charge in [0.15, 0.2) is 18.2 Å².